The van der Waals surface area contributed by atoms with Crippen molar-refractivity contribution in [2.24, 2.45) is 0 Å². The third-order valence-electron chi connectivity index (χ3n) is 6.41. The summed E-state index contributed by atoms with van der Waals surface area (Å²) in [6.07, 6.45) is 9.54. The molecule has 5 rings (SSSR count). The van der Waals surface area contributed by atoms with Gasteiger partial charge >= 0.3 is 0 Å². The van der Waals surface area contributed by atoms with Crippen LogP contribution in [0.4, 0.5) is 22.7 Å². The topological polar surface area (TPSA) is 205 Å². The number of unbranched alkanes of at least 4 members (excludes halogenated alkanes) is 1. The molecule has 0 unspecified atom stereocenters. The molecule has 3 aromatic carbocycles. The van der Waals surface area contributed by atoms with E-state index in [0.29, 0.717) is 11.4 Å². The lowest BCUT2D eigenvalue weighted by Gasteiger charge is -2.17. The van der Waals surface area contributed by atoms with Crippen LogP contribution in [0.5, 0.6) is 0 Å². The number of allylic oxidation sites excluding steroid dienone is 2. The number of carbonyl (C=O) groups is 1. The Labute approximate surface area is 278 Å². The fourth-order valence-corrected chi connectivity index (χ4v) is 5.00. The number of carbonyl (C=O) groups excluding carboxylic acids is 1. The number of hydrogen-bond acceptors (Lipinski definition) is 9. The molecule has 0 bridgehead atoms. The van der Waals surface area contributed by atoms with E-state index in [4.69, 9.17) is 20.6 Å². The van der Waals surface area contributed by atoms with Crippen molar-refractivity contribution in [1.82, 2.24) is 4.90 Å². The Morgan fingerprint density at radius 1 is 0.787 bits per heavy atom. The highest BCUT2D eigenvalue weighted by molar-refractivity contribution is 7.86. The Morgan fingerprint density at radius 2 is 1.34 bits per heavy atom. The first-order valence-electron chi connectivity index (χ1n) is 15.1. The van der Waals surface area contributed by atoms with Crippen molar-refractivity contribution >= 4 is 48.9 Å². The van der Waals surface area contributed by atoms with Gasteiger partial charge in [0.1, 0.15) is 4.90 Å². The average molecular weight is 688 g/mol. The Hall–Kier alpha value is -4.37. The van der Waals surface area contributed by atoms with E-state index in [1.807, 2.05) is 42.2 Å². The molecule has 1 heterocycles. The first kappa shape index (κ1) is 38.8. The predicted molar refractivity (Wildman–Crippen MR) is 188 cm³/mol. The van der Waals surface area contributed by atoms with Crippen LogP contribution in [0.1, 0.15) is 58.4 Å². The first-order chi connectivity index (χ1) is 22.1. The van der Waals surface area contributed by atoms with Crippen LogP contribution in [0, 0.1) is 6.92 Å². The van der Waals surface area contributed by atoms with Gasteiger partial charge in [-0.25, -0.2) is 0 Å². The van der Waals surface area contributed by atoms with Crippen LogP contribution in [0.25, 0.3) is 0 Å². The summed E-state index contributed by atoms with van der Waals surface area (Å²) < 4.78 is 62.1. The summed E-state index contributed by atoms with van der Waals surface area (Å²) in [6, 6.07) is 16.8. The van der Waals surface area contributed by atoms with Crippen molar-refractivity contribution in [2.45, 2.75) is 69.6 Å². The second-order valence-electron chi connectivity index (χ2n) is 10.8. The normalized spacial score (nSPS) is 13.4. The number of hydrogen-bond donors (Lipinski definition) is 6. The van der Waals surface area contributed by atoms with Crippen LogP contribution < -0.4 is 22.3 Å². The Bertz CT molecular complexity index is 1730. The van der Waals surface area contributed by atoms with Gasteiger partial charge in [-0.05, 0) is 92.4 Å². The van der Waals surface area contributed by atoms with Gasteiger partial charge < -0.3 is 27.2 Å². The van der Waals surface area contributed by atoms with Gasteiger partial charge in [0.25, 0.3) is 26.1 Å². The van der Waals surface area contributed by atoms with E-state index in [-0.39, 0.29) is 16.5 Å². The number of nitrogens with two attached hydrogens (primary N) is 2. The van der Waals surface area contributed by atoms with E-state index in [2.05, 4.69) is 31.6 Å². The molecule has 1 saturated carbocycles. The average Bonchev–Trinajstić information content (AvgIpc) is 3.79. The molecule has 1 aliphatic carbocycles. The van der Waals surface area contributed by atoms with E-state index in [9.17, 15) is 21.6 Å². The third-order valence-corrected chi connectivity index (χ3v) is 8.19. The minimum Gasteiger partial charge on any atom is -0.399 e. The summed E-state index contributed by atoms with van der Waals surface area (Å²) in [5, 5.41) is 0. The molecule has 0 radical (unpaired) electrons. The zero-order valence-electron chi connectivity index (χ0n) is 27.1. The molecule has 3 aromatic rings. The van der Waals surface area contributed by atoms with Crippen molar-refractivity contribution in [3.63, 3.8) is 0 Å². The summed E-state index contributed by atoms with van der Waals surface area (Å²) in [4.78, 5) is 12.7. The van der Waals surface area contributed by atoms with Gasteiger partial charge in [-0.3, -0.25) is 13.9 Å². The highest BCUT2D eigenvalue weighted by Crippen LogP contribution is 2.35. The van der Waals surface area contributed by atoms with Gasteiger partial charge in [0.05, 0.1) is 22.0 Å². The highest BCUT2D eigenvalue weighted by atomic mass is 32.2. The summed E-state index contributed by atoms with van der Waals surface area (Å²) in [5.74, 6) is 0.169. The van der Waals surface area contributed by atoms with Crippen LogP contribution in [-0.4, -0.2) is 43.3 Å². The predicted octanol–water partition coefficient (Wildman–Crippen LogP) is 6.43. The van der Waals surface area contributed by atoms with Crippen LogP contribution >= 0.6 is 0 Å². The smallest absolute Gasteiger partial charge is 0.296 e. The third kappa shape index (κ3) is 13.5. The number of anilines is 4. The molecule has 0 saturated heterocycles. The van der Waals surface area contributed by atoms with Gasteiger partial charge in [-0.1, -0.05) is 51.3 Å². The molecule has 8 N–H and O–H groups in total. The molecule has 14 heteroatoms. The summed E-state index contributed by atoms with van der Waals surface area (Å²) in [6.45, 7) is 9.33. The fourth-order valence-electron chi connectivity index (χ4n) is 3.88. The molecule has 0 spiro atoms. The number of benzene rings is 3. The van der Waals surface area contributed by atoms with Crippen molar-refractivity contribution in [2.75, 3.05) is 28.9 Å². The Kier molecular flexibility index (Phi) is 14.9. The zero-order valence-corrected chi connectivity index (χ0v) is 28.7. The quantitative estimate of drug-likeness (QED) is 0.0865. The second kappa shape index (κ2) is 18.1. The van der Waals surface area contributed by atoms with E-state index in [0.717, 1.165) is 31.1 Å². The van der Waals surface area contributed by atoms with E-state index >= 15 is 0 Å². The molecule has 1 amide bonds. The number of nitrogens with zero attached hydrogens (tertiary/aromatic N) is 1. The van der Waals surface area contributed by atoms with Crippen LogP contribution in [-0.2, 0) is 25.0 Å². The first-order valence-corrected chi connectivity index (χ1v) is 18.0. The molecule has 256 valence electrons. The summed E-state index contributed by atoms with van der Waals surface area (Å²) in [7, 11) is -8.72. The van der Waals surface area contributed by atoms with Gasteiger partial charge in [0, 0.05) is 24.0 Å². The monoisotopic (exact) mass is 687 g/mol. The molecular weight excluding hydrogens is 643 g/mol. The van der Waals surface area contributed by atoms with E-state index in [1.54, 1.807) is 6.08 Å². The Morgan fingerprint density at radius 3 is 1.83 bits per heavy atom. The minimum atomic E-state index is -4.45. The SMILES string of the molecule is CCC.CCCCN1C(=O)C=CC1=C1CC1.Cc1ccc(N)cc1.Nc1ccc(NNc2ccc(S(=O)(=O)O)cc2)cc1S(=O)(=O)O. The van der Waals surface area contributed by atoms with Gasteiger partial charge in [-0.15, -0.1) is 0 Å². The molecule has 1 aliphatic heterocycles. The van der Waals surface area contributed by atoms with Crippen molar-refractivity contribution in [1.29, 1.82) is 0 Å². The van der Waals surface area contributed by atoms with Crippen molar-refractivity contribution < 1.29 is 30.7 Å². The number of nitrogen functional groups attached to an aromatic ring is 2. The molecule has 47 heavy (non-hydrogen) atoms. The number of hydrazine groups is 1. The van der Waals surface area contributed by atoms with E-state index in [1.165, 1.54) is 72.5 Å². The number of amides is 1. The minimum absolute atomic E-state index is 0.101. The van der Waals surface area contributed by atoms with Crippen LogP contribution in [0.15, 0.2) is 99.9 Å². The number of rotatable bonds is 8. The maximum atomic E-state index is 11.4. The summed E-state index contributed by atoms with van der Waals surface area (Å²) in [5.41, 5.74) is 21.6. The van der Waals surface area contributed by atoms with Crippen LogP contribution in [0.2, 0.25) is 0 Å². The molecule has 1 fully saturated rings. The van der Waals surface area contributed by atoms with Crippen molar-refractivity contribution in [3.8, 4) is 0 Å². The summed E-state index contributed by atoms with van der Waals surface area (Å²) >= 11 is 0. The zero-order chi connectivity index (χ0) is 35.2. The maximum absolute atomic E-state index is 11.4. The van der Waals surface area contributed by atoms with E-state index < -0.39 is 25.1 Å². The Balaban J connectivity index is 0.000000266. The highest BCUT2D eigenvalue weighted by Gasteiger charge is 2.26. The molecule has 0 aromatic heterocycles. The van der Waals surface area contributed by atoms with Gasteiger partial charge in [-0.2, -0.15) is 16.8 Å². The van der Waals surface area contributed by atoms with Gasteiger partial charge in [0.2, 0.25) is 0 Å². The largest absolute Gasteiger partial charge is 0.399 e. The van der Waals surface area contributed by atoms with Crippen LogP contribution in [0.3, 0.4) is 0 Å². The van der Waals surface area contributed by atoms with Gasteiger partial charge in [0.15, 0.2) is 0 Å². The molecular formula is C33H45N5O7S2. The molecule has 2 aliphatic rings. The lowest BCUT2D eigenvalue weighted by atomic mass is 10.2. The number of nitrogens with one attached hydrogen (secondary N) is 2. The maximum Gasteiger partial charge on any atom is 0.296 e. The lowest BCUT2D eigenvalue weighted by molar-refractivity contribution is -0.123. The van der Waals surface area contributed by atoms with Crippen molar-refractivity contribution in [3.05, 3.63) is 95.7 Å². The second-order valence-corrected chi connectivity index (χ2v) is 13.6. The molecule has 12 nitrogen and oxygen atoms in total. The number of aryl methyl sites for hydroxylation is 1. The molecule has 0 atom stereocenters. The fraction of sp³-hybridized carbons (Fsp3) is 0.303. The standard InChI is InChI=1S/C12H13N3O6S2.C11H15NO.C7H9N.C3H8/c13-11-6-3-9(7-12(11)23(19,20)21)15-14-8-1-4-10(5-2-8)22(16,17)18;1-2-3-8-12-10(9-4-5-9)6-7-11(12)13;1-6-2-4-7(8)5-3-6;1-3-2/h1-7,14-15H,13H2,(H,16,17,18)(H,19,20,21);6-7H,2-5,8H2,1H3;2-5H,8H2,1H3;3H2,1-2H3. The lowest BCUT2D eigenvalue weighted by Crippen LogP contribution is -2.25.